The number of benzene rings is 2. The molecule has 0 heterocycles. The summed E-state index contributed by atoms with van der Waals surface area (Å²) in [7, 11) is 0. The van der Waals surface area contributed by atoms with E-state index in [-0.39, 0.29) is 11.1 Å². The van der Waals surface area contributed by atoms with E-state index in [0.717, 1.165) is 4.47 Å². The highest BCUT2D eigenvalue weighted by atomic mass is 79.9. The Hall–Kier alpha value is -2.08. The highest BCUT2D eigenvalue weighted by Crippen LogP contribution is 2.29. The van der Waals surface area contributed by atoms with E-state index in [0.29, 0.717) is 12.2 Å². The van der Waals surface area contributed by atoms with Crippen LogP contribution in [0.4, 0.5) is 18.9 Å². The van der Waals surface area contributed by atoms with Crippen LogP contribution in [-0.4, -0.2) is 18.5 Å². The van der Waals surface area contributed by atoms with Crippen LogP contribution in [0.5, 0.6) is 0 Å². The van der Waals surface area contributed by atoms with Crippen LogP contribution in [0, 0.1) is 0 Å². The minimum Gasteiger partial charge on any atom is -0.347 e. The Kier molecular flexibility index (Phi) is 5.83. The van der Waals surface area contributed by atoms with Gasteiger partial charge in [-0.15, -0.1) is 0 Å². The zero-order valence-corrected chi connectivity index (χ0v) is 14.4. The third kappa shape index (κ3) is 4.47. The van der Waals surface area contributed by atoms with Crippen molar-refractivity contribution < 1.29 is 18.0 Å². The molecule has 0 saturated carbocycles. The lowest BCUT2D eigenvalue weighted by Crippen LogP contribution is -2.26. The van der Waals surface area contributed by atoms with Crippen molar-refractivity contribution in [3.05, 3.63) is 70.8 Å². The Morgan fingerprint density at radius 3 is 2.33 bits per heavy atom. The molecular formula is C18H15BrF3NO. The smallest absolute Gasteiger partial charge is 0.347 e. The molecule has 126 valence electrons. The summed E-state index contributed by atoms with van der Waals surface area (Å²) >= 11 is 3.34. The lowest BCUT2D eigenvalue weighted by atomic mass is 10.0. The van der Waals surface area contributed by atoms with E-state index in [1.807, 2.05) is 6.07 Å². The maximum absolute atomic E-state index is 13.0. The van der Waals surface area contributed by atoms with Gasteiger partial charge in [0.15, 0.2) is 0 Å². The molecule has 0 aliphatic heterocycles. The van der Waals surface area contributed by atoms with Crippen LogP contribution in [0.2, 0.25) is 0 Å². The predicted octanol–water partition coefficient (Wildman–Crippen LogP) is 5.45. The normalized spacial score (nSPS) is 12.1. The zero-order chi connectivity index (χ0) is 17.7. The van der Waals surface area contributed by atoms with E-state index in [4.69, 9.17) is 0 Å². The first-order valence-electron chi connectivity index (χ1n) is 7.24. The summed E-state index contributed by atoms with van der Waals surface area (Å²) in [6.07, 6.45) is -3.68. The molecule has 2 rings (SSSR count). The van der Waals surface area contributed by atoms with Gasteiger partial charge in [0.25, 0.3) is 5.78 Å². The van der Waals surface area contributed by atoms with Crippen LogP contribution < -0.4 is 4.90 Å². The van der Waals surface area contributed by atoms with Crippen LogP contribution >= 0.6 is 15.9 Å². The average Bonchev–Trinajstić information content (AvgIpc) is 2.55. The SMILES string of the molecule is CCN(/C=C(\C(=O)C(F)(F)F)c1ccccc1)c1cccc(Br)c1. The summed E-state index contributed by atoms with van der Waals surface area (Å²) in [6, 6.07) is 15.0. The lowest BCUT2D eigenvalue weighted by molar-refractivity contribution is -0.164. The van der Waals surface area contributed by atoms with Gasteiger partial charge in [-0.1, -0.05) is 52.3 Å². The molecule has 0 N–H and O–H groups in total. The number of hydrogen-bond acceptors (Lipinski definition) is 2. The summed E-state index contributed by atoms with van der Waals surface area (Å²) in [6.45, 7) is 2.22. The van der Waals surface area contributed by atoms with Gasteiger partial charge in [-0.3, -0.25) is 4.79 Å². The van der Waals surface area contributed by atoms with Gasteiger partial charge in [0.2, 0.25) is 0 Å². The summed E-state index contributed by atoms with van der Waals surface area (Å²) in [4.78, 5) is 13.5. The number of Topliss-reactive ketones (excluding diaryl/α,β-unsaturated/α-hetero) is 1. The number of rotatable bonds is 5. The summed E-state index contributed by atoms with van der Waals surface area (Å²) in [5.41, 5.74) is 0.536. The topological polar surface area (TPSA) is 20.3 Å². The van der Waals surface area contributed by atoms with Gasteiger partial charge in [0.1, 0.15) is 0 Å². The summed E-state index contributed by atoms with van der Waals surface area (Å²) in [5, 5.41) is 0. The molecule has 0 radical (unpaired) electrons. The highest BCUT2D eigenvalue weighted by Gasteiger charge is 2.41. The maximum Gasteiger partial charge on any atom is 0.454 e. The Bertz CT molecular complexity index is 741. The molecule has 2 aromatic carbocycles. The number of halogens is 4. The molecule has 0 unspecified atom stereocenters. The van der Waals surface area contributed by atoms with Crippen molar-refractivity contribution in [1.29, 1.82) is 0 Å². The van der Waals surface area contributed by atoms with Crippen molar-refractivity contribution in [1.82, 2.24) is 0 Å². The van der Waals surface area contributed by atoms with Gasteiger partial charge in [0.05, 0.1) is 5.57 Å². The average molecular weight is 398 g/mol. The molecule has 0 atom stereocenters. The molecule has 0 spiro atoms. The molecule has 0 amide bonds. The Balaban J connectivity index is 2.52. The number of carbonyl (C=O) groups excluding carboxylic acids is 1. The van der Waals surface area contributed by atoms with Gasteiger partial charge >= 0.3 is 6.18 Å². The highest BCUT2D eigenvalue weighted by molar-refractivity contribution is 9.10. The largest absolute Gasteiger partial charge is 0.454 e. The van der Waals surface area contributed by atoms with Crippen LogP contribution in [0.3, 0.4) is 0 Å². The van der Waals surface area contributed by atoms with E-state index in [1.54, 1.807) is 48.2 Å². The number of nitrogens with zero attached hydrogens (tertiary/aromatic N) is 1. The number of ketones is 1. The van der Waals surface area contributed by atoms with Crippen molar-refractivity contribution in [2.24, 2.45) is 0 Å². The van der Waals surface area contributed by atoms with Gasteiger partial charge in [-0.25, -0.2) is 0 Å². The van der Waals surface area contributed by atoms with Gasteiger partial charge < -0.3 is 4.90 Å². The Morgan fingerprint density at radius 2 is 1.79 bits per heavy atom. The number of anilines is 1. The molecule has 2 aromatic rings. The number of carbonyl (C=O) groups is 1. The first kappa shape index (κ1) is 18.3. The first-order valence-corrected chi connectivity index (χ1v) is 8.03. The second-order valence-electron chi connectivity index (χ2n) is 5.00. The number of allylic oxidation sites excluding steroid dienone is 1. The quantitative estimate of drug-likeness (QED) is 0.625. The predicted molar refractivity (Wildman–Crippen MR) is 92.6 cm³/mol. The fourth-order valence-electron chi connectivity index (χ4n) is 2.19. The fourth-order valence-corrected chi connectivity index (χ4v) is 2.58. The van der Waals surface area contributed by atoms with Gasteiger partial charge in [0, 0.05) is 22.9 Å². The third-order valence-corrected chi connectivity index (χ3v) is 3.85. The van der Waals surface area contributed by atoms with Crippen molar-refractivity contribution in [2.45, 2.75) is 13.1 Å². The first-order chi connectivity index (χ1) is 11.3. The minimum atomic E-state index is -4.93. The zero-order valence-electron chi connectivity index (χ0n) is 12.8. The van der Waals surface area contributed by atoms with E-state index in [1.165, 1.54) is 18.3 Å². The Labute approximate surface area is 146 Å². The molecule has 0 aliphatic carbocycles. The molecular weight excluding hydrogens is 383 g/mol. The monoisotopic (exact) mass is 397 g/mol. The van der Waals surface area contributed by atoms with Crippen molar-refractivity contribution in [3.8, 4) is 0 Å². The molecule has 2 nitrogen and oxygen atoms in total. The second kappa shape index (κ2) is 7.66. The molecule has 24 heavy (non-hydrogen) atoms. The Morgan fingerprint density at radius 1 is 1.12 bits per heavy atom. The third-order valence-electron chi connectivity index (χ3n) is 3.35. The second-order valence-corrected chi connectivity index (χ2v) is 5.92. The molecule has 0 fully saturated rings. The van der Waals surface area contributed by atoms with Crippen LogP contribution in [-0.2, 0) is 4.79 Å². The van der Waals surface area contributed by atoms with Crippen LogP contribution in [0.15, 0.2) is 65.3 Å². The van der Waals surface area contributed by atoms with E-state index in [2.05, 4.69) is 15.9 Å². The standard InChI is InChI=1S/C18H15BrF3NO/c1-2-23(15-10-6-9-14(19)11-15)12-16(17(24)18(20,21)22)13-7-4-3-5-8-13/h3-12H,2H2,1H3/b16-12-. The van der Waals surface area contributed by atoms with E-state index < -0.39 is 12.0 Å². The van der Waals surface area contributed by atoms with Crippen LogP contribution in [0.25, 0.3) is 5.57 Å². The van der Waals surface area contributed by atoms with Crippen LogP contribution in [0.1, 0.15) is 12.5 Å². The van der Waals surface area contributed by atoms with Crippen molar-refractivity contribution in [2.75, 3.05) is 11.4 Å². The van der Waals surface area contributed by atoms with Crippen molar-refractivity contribution >= 4 is 33.0 Å². The lowest BCUT2D eigenvalue weighted by Gasteiger charge is -2.21. The van der Waals surface area contributed by atoms with E-state index in [9.17, 15) is 18.0 Å². The summed E-state index contributed by atoms with van der Waals surface area (Å²) in [5.74, 6) is -1.86. The molecule has 0 bridgehead atoms. The van der Waals surface area contributed by atoms with Crippen molar-refractivity contribution in [3.63, 3.8) is 0 Å². The van der Waals surface area contributed by atoms with Gasteiger partial charge in [-0.05, 0) is 30.7 Å². The molecule has 6 heteroatoms. The summed E-state index contributed by atoms with van der Waals surface area (Å²) < 4.78 is 39.8. The number of hydrogen-bond donors (Lipinski definition) is 0. The van der Waals surface area contributed by atoms with E-state index >= 15 is 0 Å². The maximum atomic E-state index is 13.0. The molecule has 0 aliphatic rings. The minimum absolute atomic E-state index is 0.230. The number of alkyl halides is 3. The van der Waals surface area contributed by atoms with Gasteiger partial charge in [-0.2, -0.15) is 13.2 Å². The molecule has 0 aromatic heterocycles. The fraction of sp³-hybridized carbons (Fsp3) is 0.167. The molecule has 0 saturated heterocycles.